The lowest BCUT2D eigenvalue weighted by Crippen LogP contribution is -2.08. The lowest BCUT2D eigenvalue weighted by molar-refractivity contribution is -0.137. The maximum Gasteiger partial charge on any atom is 0.330 e. The molecule has 3 aromatic carbocycles. The Hall–Kier alpha value is -4.91. The monoisotopic (exact) mass is 682 g/mol. The Labute approximate surface area is 288 Å². The van der Waals surface area contributed by atoms with Gasteiger partial charge in [-0.3, -0.25) is 0 Å². The Balaban J connectivity index is 1.23. The van der Waals surface area contributed by atoms with E-state index in [1.165, 1.54) is 6.26 Å². The maximum atomic E-state index is 11.0. The average molecular weight is 683 g/mol. The standard InChI is InChI=1S/C37H46O12/c1-4-37(38)43-23-9-8-22-42-27-45-32-12-16-34(17-13-32)47-29-49-36-19-18-35(24-30(36)3)48-28-46-33-14-10-31(11-15-33)44-26-41-21-7-6-20-40-25-39-5-2/h4-5,10-19,24H,1-2,6-9,20-23,25-29H2,3H3. The molecule has 12 nitrogen and oxygen atoms in total. The van der Waals surface area contributed by atoms with E-state index in [4.69, 9.17) is 52.1 Å². The number of carbonyl (C=O) groups excluding carboxylic acids is 1. The fraction of sp³-hybridized carbons (Fsp3) is 0.378. The normalized spacial score (nSPS) is 10.5. The van der Waals surface area contributed by atoms with E-state index in [2.05, 4.69) is 13.2 Å². The van der Waals surface area contributed by atoms with Crippen LogP contribution in [0.4, 0.5) is 0 Å². The molecule has 0 amide bonds. The minimum Gasteiger partial charge on any atom is -0.476 e. The molecule has 0 bridgehead atoms. The van der Waals surface area contributed by atoms with Gasteiger partial charge < -0.3 is 52.1 Å². The van der Waals surface area contributed by atoms with Gasteiger partial charge in [0.15, 0.2) is 20.4 Å². The molecule has 0 radical (unpaired) electrons. The highest BCUT2D eigenvalue weighted by Crippen LogP contribution is 2.25. The third-order valence-electron chi connectivity index (χ3n) is 6.49. The van der Waals surface area contributed by atoms with Gasteiger partial charge in [-0.2, -0.15) is 0 Å². The van der Waals surface area contributed by atoms with E-state index >= 15 is 0 Å². The van der Waals surface area contributed by atoms with E-state index < -0.39 is 5.97 Å². The molecule has 0 aromatic heterocycles. The second-order valence-electron chi connectivity index (χ2n) is 10.2. The molecular formula is C37H46O12. The number of benzene rings is 3. The molecule has 0 aliphatic rings. The van der Waals surface area contributed by atoms with Crippen molar-refractivity contribution in [2.24, 2.45) is 0 Å². The van der Waals surface area contributed by atoms with Crippen molar-refractivity contribution >= 4 is 5.97 Å². The average Bonchev–Trinajstić information content (AvgIpc) is 3.12. The van der Waals surface area contributed by atoms with Crippen LogP contribution in [0.2, 0.25) is 0 Å². The van der Waals surface area contributed by atoms with Crippen LogP contribution >= 0.6 is 0 Å². The zero-order valence-electron chi connectivity index (χ0n) is 28.0. The zero-order chi connectivity index (χ0) is 34.8. The van der Waals surface area contributed by atoms with Crippen LogP contribution in [0, 0.1) is 6.92 Å². The summed E-state index contributed by atoms with van der Waals surface area (Å²) >= 11 is 0. The van der Waals surface area contributed by atoms with Crippen LogP contribution in [-0.4, -0.2) is 66.4 Å². The minimum atomic E-state index is -0.420. The van der Waals surface area contributed by atoms with Gasteiger partial charge in [-0.25, -0.2) is 4.79 Å². The Morgan fingerprint density at radius 1 is 0.551 bits per heavy atom. The first-order valence-electron chi connectivity index (χ1n) is 15.9. The Bertz CT molecular complexity index is 1340. The van der Waals surface area contributed by atoms with Crippen molar-refractivity contribution in [3.63, 3.8) is 0 Å². The summed E-state index contributed by atoms with van der Waals surface area (Å²) in [5, 5.41) is 0. The summed E-state index contributed by atoms with van der Waals surface area (Å²) in [6, 6.07) is 19.9. The number of carbonyl (C=O) groups is 1. The third kappa shape index (κ3) is 17.2. The van der Waals surface area contributed by atoms with Gasteiger partial charge in [0, 0.05) is 6.08 Å². The van der Waals surface area contributed by atoms with Gasteiger partial charge >= 0.3 is 5.97 Å². The van der Waals surface area contributed by atoms with Crippen LogP contribution in [0.1, 0.15) is 31.2 Å². The van der Waals surface area contributed by atoms with E-state index in [-0.39, 0.29) is 34.0 Å². The summed E-state index contributed by atoms with van der Waals surface area (Å²) in [4.78, 5) is 11.0. The van der Waals surface area contributed by atoms with Crippen molar-refractivity contribution in [2.75, 3.05) is 60.4 Å². The summed E-state index contributed by atoms with van der Waals surface area (Å²) in [5.41, 5.74) is 0.887. The number of ether oxygens (including phenoxy) is 11. The van der Waals surface area contributed by atoms with Gasteiger partial charge in [-0.1, -0.05) is 13.2 Å². The summed E-state index contributed by atoms with van der Waals surface area (Å²) < 4.78 is 60.1. The quantitative estimate of drug-likeness (QED) is 0.0259. The summed E-state index contributed by atoms with van der Waals surface area (Å²) in [7, 11) is 0. The largest absolute Gasteiger partial charge is 0.476 e. The molecule has 0 atom stereocenters. The van der Waals surface area contributed by atoms with Crippen molar-refractivity contribution in [3.05, 3.63) is 97.8 Å². The van der Waals surface area contributed by atoms with E-state index in [0.717, 1.165) is 30.9 Å². The van der Waals surface area contributed by atoms with Gasteiger partial charge in [-0.05, 0) is 105 Å². The number of rotatable bonds is 28. The molecule has 3 aromatic rings. The van der Waals surface area contributed by atoms with Crippen molar-refractivity contribution in [1.82, 2.24) is 0 Å². The molecule has 0 fully saturated rings. The van der Waals surface area contributed by atoms with Crippen LogP contribution in [0.25, 0.3) is 0 Å². The molecular weight excluding hydrogens is 636 g/mol. The molecule has 0 saturated carbocycles. The lowest BCUT2D eigenvalue weighted by Gasteiger charge is -2.13. The first kappa shape index (κ1) is 38.5. The highest BCUT2D eigenvalue weighted by atomic mass is 16.7. The first-order valence-corrected chi connectivity index (χ1v) is 15.9. The first-order chi connectivity index (χ1) is 24.1. The van der Waals surface area contributed by atoms with Gasteiger partial charge in [0.2, 0.25) is 13.6 Å². The van der Waals surface area contributed by atoms with Crippen LogP contribution in [-0.2, 0) is 28.5 Å². The van der Waals surface area contributed by atoms with Crippen molar-refractivity contribution in [2.45, 2.75) is 32.6 Å². The van der Waals surface area contributed by atoms with E-state index in [1.54, 1.807) is 42.5 Å². The van der Waals surface area contributed by atoms with E-state index in [9.17, 15) is 4.79 Å². The van der Waals surface area contributed by atoms with Gasteiger partial charge in [0.25, 0.3) is 0 Å². The predicted molar refractivity (Wildman–Crippen MR) is 181 cm³/mol. The summed E-state index contributed by atoms with van der Waals surface area (Å²) in [5.74, 6) is 3.51. The van der Waals surface area contributed by atoms with Crippen LogP contribution in [0.5, 0.6) is 34.5 Å². The molecule has 3 rings (SSSR count). The van der Waals surface area contributed by atoms with E-state index in [0.29, 0.717) is 67.3 Å². The third-order valence-corrected chi connectivity index (χ3v) is 6.49. The minimum absolute atomic E-state index is 0.0315. The molecule has 12 heteroatoms. The fourth-order valence-electron chi connectivity index (χ4n) is 3.90. The van der Waals surface area contributed by atoms with Crippen molar-refractivity contribution in [1.29, 1.82) is 0 Å². The number of unbranched alkanes of at least 4 members (excludes halogenated alkanes) is 2. The Morgan fingerprint density at radius 3 is 1.47 bits per heavy atom. The van der Waals surface area contributed by atoms with Crippen LogP contribution < -0.4 is 28.4 Å². The zero-order valence-corrected chi connectivity index (χ0v) is 28.0. The number of aryl methyl sites for hydroxylation is 1. The maximum absolute atomic E-state index is 11.0. The Morgan fingerprint density at radius 2 is 0.980 bits per heavy atom. The predicted octanol–water partition coefficient (Wildman–Crippen LogP) is 6.96. The van der Waals surface area contributed by atoms with Gasteiger partial charge in [0.05, 0.1) is 32.7 Å². The van der Waals surface area contributed by atoms with Crippen LogP contribution in [0.15, 0.2) is 92.2 Å². The molecule has 0 spiro atoms. The van der Waals surface area contributed by atoms with E-state index in [1.807, 2.05) is 31.2 Å². The molecule has 0 aliphatic carbocycles. The summed E-state index contributed by atoms with van der Waals surface area (Å²) in [6.45, 7) is 11.3. The SMILES string of the molecule is C=COCOCCCCOCOc1ccc(OCOc2ccc(OCOc3ccc(OCOCCCCOC(=O)C=C)cc3)c(C)c2)cc1. The smallest absolute Gasteiger partial charge is 0.330 e. The topological polar surface area (TPSA) is 119 Å². The molecule has 0 N–H and O–H groups in total. The van der Waals surface area contributed by atoms with Crippen molar-refractivity contribution in [3.8, 4) is 34.5 Å². The Kier molecular flexibility index (Phi) is 19.1. The molecule has 0 unspecified atom stereocenters. The second kappa shape index (κ2) is 24.3. The van der Waals surface area contributed by atoms with Gasteiger partial charge in [-0.15, -0.1) is 0 Å². The molecule has 0 aliphatic heterocycles. The molecule has 266 valence electrons. The van der Waals surface area contributed by atoms with Crippen molar-refractivity contribution < 1.29 is 56.9 Å². The molecule has 49 heavy (non-hydrogen) atoms. The van der Waals surface area contributed by atoms with Crippen LogP contribution in [0.3, 0.4) is 0 Å². The van der Waals surface area contributed by atoms with Gasteiger partial charge in [0.1, 0.15) is 34.5 Å². The molecule has 0 saturated heterocycles. The molecule has 0 heterocycles. The second-order valence-corrected chi connectivity index (χ2v) is 10.2. The summed E-state index contributed by atoms with van der Waals surface area (Å²) in [6.07, 6.45) is 5.69. The lowest BCUT2D eigenvalue weighted by atomic mass is 10.2. The number of esters is 1. The highest BCUT2D eigenvalue weighted by molar-refractivity contribution is 5.81. The number of hydrogen-bond acceptors (Lipinski definition) is 12. The highest BCUT2D eigenvalue weighted by Gasteiger charge is 2.05. The number of hydrogen-bond donors (Lipinski definition) is 0. The fourth-order valence-corrected chi connectivity index (χ4v) is 3.90.